The predicted molar refractivity (Wildman–Crippen MR) is 134 cm³/mol. The molecule has 3 nitrogen and oxygen atoms in total. The monoisotopic (exact) mass is 498 g/mol. The van der Waals surface area contributed by atoms with E-state index in [1.54, 1.807) is 13.2 Å². The van der Waals surface area contributed by atoms with Crippen LogP contribution in [0, 0.1) is 0 Å². The van der Waals surface area contributed by atoms with Crippen LogP contribution in [0.1, 0.15) is 50.5 Å². The molecular formula is C24H29Cl3O3Si. The highest BCUT2D eigenvalue weighted by Crippen LogP contribution is 2.28. The second-order valence-corrected chi connectivity index (χ2v) is 16.8. The summed E-state index contributed by atoms with van der Waals surface area (Å²) >= 11 is 17.6. The summed E-state index contributed by atoms with van der Waals surface area (Å²) in [6, 6.07) is 14.0. The lowest BCUT2D eigenvalue weighted by Crippen LogP contribution is -2.07. The number of rotatable bonds is 13. The molecule has 0 spiro atoms. The Morgan fingerprint density at radius 3 is 1.90 bits per heavy atom. The first-order chi connectivity index (χ1) is 14.8. The number of carboxylic acid groups (broad SMARTS) is 1. The molecule has 0 fully saturated rings. The molecule has 0 aliphatic rings. The van der Waals surface area contributed by atoms with Gasteiger partial charge in [-0.15, -0.1) is 33.2 Å². The molecule has 2 aromatic carbocycles. The number of hydrogen-bond acceptors (Lipinski definition) is 2. The van der Waals surface area contributed by atoms with E-state index in [1.165, 1.54) is 0 Å². The Morgan fingerprint density at radius 2 is 1.39 bits per heavy atom. The van der Waals surface area contributed by atoms with E-state index in [4.69, 9.17) is 38.0 Å². The Balaban J connectivity index is 1.82. The first-order valence-electron chi connectivity index (χ1n) is 10.5. The van der Waals surface area contributed by atoms with Gasteiger partial charge in [0.1, 0.15) is 5.75 Å². The highest BCUT2D eigenvalue weighted by atomic mass is 35.8. The van der Waals surface area contributed by atoms with Gasteiger partial charge in [-0.05, 0) is 53.8 Å². The SMILES string of the molecule is COc1ccc(-c2ccc(/C=C(\CCCCCCCC[Si](Cl)(Cl)Cl)C(=O)O)cc2)cc1. The van der Waals surface area contributed by atoms with Gasteiger partial charge in [0.2, 0.25) is 0 Å². The number of aliphatic carboxylic acids is 1. The number of carbonyl (C=O) groups is 1. The van der Waals surface area contributed by atoms with Gasteiger partial charge in [-0.2, -0.15) is 0 Å². The van der Waals surface area contributed by atoms with E-state index in [0.29, 0.717) is 18.0 Å². The smallest absolute Gasteiger partial charge is 0.341 e. The quantitative estimate of drug-likeness (QED) is 0.131. The molecule has 7 heteroatoms. The minimum Gasteiger partial charge on any atom is -0.497 e. The number of ether oxygens (including phenoxy) is 1. The lowest BCUT2D eigenvalue weighted by molar-refractivity contribution is -0.132. The Kier molecular flexibility index (Phi) is 11.0. The molecule has 0 aromatic heterocycles. The fraction of sp³-hybridized carbons (Fsp3) is 0.375. The summed E-state index contributed by atoms with van der Waals surface area (Å²) < 4.78 is 5.19. The molecule has 0 saturated carbocycles. The Hall–Kier alpha value is -1.46. The van der Waals surface area contributed by atoms with Crippen LogP contribution in [0.5, 0.6) is 5.75 Å². The van der Waals surface area contributed by atoms with Crippen molar-refractivity contribution in [2.24, 2.45) is 0 Å². The van der Waals surface area contributed by atoms with Crippen LogP contribution in [0.25, 0.3) is 17.2 Å². The van der Waals surface area contributed by atoms with Crippen LogP contribution in [0.3, 0.4) is 0 Å². The molecule has 2 rings (SSSR count). The molecule has 0 saturated heterocycles. The second kappa shape index (κ2) is 13.2. The molecule has 31 heavy (non-hydrogen) atoms. The van der Waals surface area contributed by atoms with E-state index in [0.717, 1.165) is 61.0 Å². The number of methoxy groups -OCH3 is 1. The standard InChI is InChI=1S/C24H29Cl3O3Si/c1-30-23-15-13-21(14-16-23)20-11-9-19(10-12-20)18-22(24(28)29)8-6-4-2-3-5-7-17-31(25,26)27/h9-16,18H,2-8,17H2,1H3,(H,28,29)/b22-18+. The van der Waals surface area contributed by atoms with Gasteiger partial charge < -0.3 is 9.84 Å². The van der Waals surface area contributed by atoms with Gasteiger partial charge in [-0.1, -0.05) is 68.5 Å². The van der Waals surface area contributed by atoms with Crippen LogP contribution >= 0.6 is 33.2 Å². The third-order valence-electron chi connectivity index (χ3n) is 5.11. The minimum atomic E-state index is -2.49. The van der Waals surface area contributed by atoms with Crippen LogP contribution in [0.2, 0.25) is 6.04 Å². The van der Waals surface area contributed by atoms with Crippen LogP contribution in [0.4, 0.5) is 0 Å². The van der Waals surface area contributed by atoms with Gasteiger partial charge in [-0.3, -0.25) is 0 Å². The zero-order valence-electron chi connectivity index (χ0n) is 17.8. The highest BCUT2D eigenvalue weighted by Gasteiger charge is 2.23. The highest BCUT2D eigenvalue weighted by molar-refractivity contribution is 7.64. The molecule has 2 aromatic rings. The van der Waals surface area contributed by atoms with Gasteiger partial charge in [0.25, 0.3) is 0 Å². The van der Waals surface area contributed by atoms with Crippen LogP contribution in [0.15, 0.2) is 54.1 Å². The van der Waals surface area contributed by atoms with Crippen molar-refractivity contribution in [2.45, 2.75) is 51.0 Å². The average Bonchev–Trinajstić information content (AvgIpc) is 2.74. The third kappa shape index (κ3) is 10.1. The zero-order valence-corrected chi connectivity index (χ0v) is 21.0. The fourth-order valence-corrected chi connectivity index (χ4v) is 5.20. The predicted octanol–water partition coefficient (Wildman–Crippen LogP) is 8.22. The Morgan fingerprint density at radius 1 is 0.871 bits per heavy atom. The van der Waals surface area contributed by atoms with Crippen molar-refractivity contribution in [3.63, 3.8) is 0 Å². The van der Waals surface area contributed by atoms with Crippen molar-refractivity contribution in [1.29, 1.82) is 0 Å². The molecule has 0 unspecified atom stereocenters. The molecule has 168 valence electrons. The molecule has 0 aliphatic heterocycles. The maximum Gasteiger partial charge on any atom is 0.341 e. The van der Waals surface area contributed by atoms with Crippen LogP contribution < -0.4 is 4.74 Å². The zero-order chi connectivity index (χ0) is 22.7. The third-order valence-corrected chi connectivity index (χ3v) is 7.73. The van der Waals surface area contributed by atoms with E-state index in [1.807, 2.05) is 48.5 Å². The Bertz CT molecular complexity index is 844. The molecular weight excluding hydrogens is 471 g/mol. The summed E-state index contributed by atoms with van der Waals surface area (Å²) in [7, 11) is 1.65. The second-order valence-electron chi connectivity index (χ2n) is 7.56. The van der Waals surface area contributed by atoms with E-state index < -0.39 is 12.0 Å². The van der Waals surface area contributed by atoms with Crippen molar-refractivity contribution in [1.82, 2.24) is 0 Å². The number of halogens is 3. The molecule has 0 bridgehead atoms. The van der Waals surface area contributed by atoms with Gasteiger partial charge >= 0.3 is 12.0 Å². The molecule has 0 atom stereocenters. The maximum atomic E-state index is 11.6. The summed E-state index contributed by atoms with van der Waals surface area (Å²) in [5.74, 6) is -0.0364. The molecule has 0 heterocycles. The largest absolute Gasteiger partial charge is 0.497 e. The number of hydrogen-bond donors (Lipinski definition) is 1. The summed E-state index contributed by atoms with van der Waals surface area (Å²) in [6.45, 7) is 0. The maximum absolute atomic E-state index is 11.6. The molecule has 1 N–H and O–H groups in total. The summed E-state index contributed by atoms with van der Waals surface area (Å²) in [5, 5.41) is 9.55. The average molecular weight is 500 g/mol. The van der Waals surface area contributed by atoms with Crippen molar-refractivity contribution < 1.29 is 14.6 Å². The number of unbranched alkanes of at least 4 members (excludes halogenated alkanes) is 5. The summed E-state index contributed by atoms with van der Waals surface area (Å²) in [6.07, 6.45) is 8.38. The van der Waals surface area contributed by atoms with Crippen molar-refractivity contribution in [2.75, 3.05) is 7.11 Å². The van der Waals surface area contributed by atoms with Gasteiger partial charge in [-0.25, -0.2) is 4.79 Å². The van der Waals surface area contributed by atoms with Crippen molar-refractivity contribution in [3.8, 4) is 16.9 Å². The lowest BCUT2D eigenvalue weighted by atomic mass is 10.0. The molecule has 0 amide bonds. The molecule has 0 aliphatic carbocycles. The van der Waals surface area contributed by atoms with Gasteiger partial charge in [0.05, 0.1) is 7.11 Å². The first-order valence-corrected chi connectivity index (χ1v) is 15.8. The number of carboxylic acids is 1. The van der Waals surface area contributed by atoms with Crippen molar-refractivity contribution in [3.05, 3.63) is 59.7 Å². The Labute approximate surface area is 200 Å². The summed E-state index contributed by atoms with van der Waals surface area (Å²) in [4.78, 5) is 11.6. The summed E-state index contributed by atoms with van der Waals surface area (Å²) in [5.41, 5.74) is 3.50. The van der Waals surface area contributed by atoms with Gasteiger partial charge in [0, 0.05) is 5.57 Å². The van der Waals surface area contributed by atoms with E-state index >= 15 is 0 Å². The van der Waals surface area contributed by atoms with Gasteiger partial charge in [0.15, 0.2) is 0 Å². The van der Waals surface area contributed by atoms with Crippen LogP contribution in [-0.4, -0.2) is 24.2 Å². The lowest BCUT2D eigenvalue weighted by Gasteiger charge is -2.07. The van der Waals surface area contributed by atoms with E-state index in [9.17, 15) is 9.90 Å². The fourth-order valence-electron chi connectivity index (χ4n) is 3.35. The first kappa shape index (κ1) is 25.8. The normalized spacial score (nSPS) is 12.1. The van der Waals surface area contributed by atoms with E-state index in [-0.39, 0.29) is 0 Å². The molecule has 0 radical (unpaired) electrons. The van der Waals surface area contributed by atoms with E-state index in [2.05, 4.69) is 0 Å². The number of benzene rings is 2. The topological polar surface area (TPSA) is 46.5 Å². The van der Waals surface area contributed by atoms with Crippen LogP contribution in [-0.2, 0) is 4.79 Å². The minimum absolute atomic E-state index is 0.444. The van der Waals surface area contributed by atoms with Crippen molar-refractivity contribution >= 4 is 51.3 Å².